The lowest BCUT2D eigenvalue weighted by Crippen LogP contribution is -2.38. The molecule has 1 unspecified atom stereocenters. The molecule has 10 heteroatoms. The van der Waals surface area contributed by atoms with Crippen molar-refractivity contribution in [1.82, 2.24) is 0 Å². The summed E-state index contributed by atoms with van der Waals surface area (Å²) in [6.45, 7) is 0. The third-order valence-electron chi connectivity index (χ3n) is 4.38. The summed E-state index contributed by atoms with van der Waals surface area (Å²) in [6, 6.07) is 11.6. The van der Waals surface area contributed by atoms with E-state index in [0.717, 1.165) is 12.1 Å². The first-order valence-electron chi connectivity index (χ1n) is 7.89. The van der Waals surface area contributed by atoms with Crippen molar-refractivity contribution in [1.29, 1.82) is 0 Å². The van der Waals surface area contributed by atoms with Crippen LogP contribution in [-0.2, 0) is 14.9 Å². The maximum absolute atomic E-state index is 13.0. The molecular weight excluding hydrogens is 482 g/mol. The van der Waals surface area contributed by atoms with E-state index in [2.05, 4.69) is 0 Å². The maximum atomic E-state index is 13.0. The molecule has 0 saturated carbocycles. The Labute approximate surface area is 186 Å². The standard InChI is InChI=1S/C19H12Cl4O5S/c20-11-4-1-3-10(7-11)19(29(26,27)28,18-13(21)5-2-6-16(18)24)12-8-14(22)15(23)9-17(12)25/h1-9,24-25H,(H,26,27,28). The lowest BCUT2D eigenvalue weighted by atomic mass is 9.83. The Bertz CT molecular complexity index is 1190. The van der Waals surface area contributed by atoms with Crippen LogP contribution in [0.4, 0.5) is 0 Å². The van der Waals surface area contributed by atoms with Gasteiger partial charge in [-0.15, -0.1) is 0 Å². The van der Waals surface area contributed by atoms with E-state index in [9.17, 15) is 23.2 Å². The molecule has 0 bridgehead atoms. The van der Waals surface area contributed by atoms with Gasteiger partial charge in [-0.25, -0.2) is 0 Å². The number of phenols is 2. The topological polar surface area (TPSA) is 94.8 Å². The smallest absolute Gasteiger partial charge is 0.283 e. The SMILES string of the molecule is O=S(=O)(O)C(c1cccc(Cl)c1)(c1cc(Cl)c(Cl)cc1O)c1c(O)cccc1Cl. The Morgan fingerprint density at radius 3 is 1.97 bits per heavy atom. The summed E-state index contributed by atoms with van der Waals surface area (Å²) in [7, 11) is -5.16. The molecular formula is C19H12Cl4O5S. The second-order valence-electron chi connectivity index (χ2n) is 6.08. The first-order valence-corrected chi connectivity index (χ1v) is 10.8. The number of aromatic hydroxyl groups is 2. The van der Waals surface area contributed by atoms with Crippen LogP contribution < -0.4 is 0 Å². The summed E-state index contributed by atoms with van der Waals surface area (Å²) in [5.74, 6) is -1.14. The fourth-order valence-electron chi connectivity index (χ4n) is 3.24. The molecule has 0 aliphatic rings. The van der Waals surface area contributed by atoms with Gasteiger partial charge in [-0.2, -0.15) is 8.42 Å². The predicted molar refractivity (Wildman–Crippen MR) is 114 cm³/mol. The molecule has 29 heavy (non-hydrogen) atoms. The van der Waals surface area contributed by atoms with Crippen LogP contribution in [0, 0.1) is 0 Å². The average Bonchev–Trinajstić information content (AvgIpc) is 2.61. The van der Waals surface area contributed by atoms with Gasteiger partial charge in [0.1, 0.15) is 11.5 Å². The molecule has 1 atom stereocenters. The molecule has 0 spiro atoms. The van der Waals surface area contributed by atoms with E-state index in [-0.39, 0.29) is 36.8 Å². The van der Waals surface area contributed by atoms with Crippen molar-refractivity contribution < 1.29 is 23.2 Å². The fourth-order valence-corrected chi connectivity index (χ4v) is 5.46. The third kappa shape index (κ3) is 3.65. The van der Waals surface area contributed by atoms with Gasteiger partial charge >= 0.3 is 0 Å². The lowest BCUT2D eigenvalue weighted by Gasteiger charge is -2.34. The van der Waals surface area contributed by atoms with E-state index in [1.165, 1.54) is 42.5 Å². The van der Waals surface area contributed by atoms with Crippen LogP contribution in [0.5, 0.6) is 11.5 Å². The highest BCUT2D eigenvalue weighted by Gasteiger charge is 2.53. The first kappa shape index (κ1) is 22.0. The molecule has 3 aromatic rings. The van der Waals surface area contributed by atoms with Gasteiger partial charge in [0, 0.05) is 27.2 Å². The predicted octanol–water partition coefficient (Wildman–Crippen LogP) is 5.89. The largest absolute Gasteiger partial charge is 0.508 e. The van der Waals surface area contributed by atoms with Crippen LogP contribution in [0.2, 0.25) is 20.1 Å². The van der Waals surface area contributed by atoms with Crippen LogP contribution in [0.25, 0.3) is 0 Å². The van der Waals surface area contributed by atoms with E-state index in [4.69, 9.17) is 46.4 Å². The molecule has 0 amide bonds. The summed E-state index contributed by atoms with van der Waals surface area (Å²) in [4.78, 5) is 0. The molecule has 0 radical (unpaired) electrons. The minimum Gasteiger partial charge on any atom is -0.508 e. The molecule has 5 nitrogen and oxygen atoms in total. The number of phenolic OH excluding ortho intramolecular Hbond substituents is 2. The molecule has 0 aromatic heterocycles. The van der Waals surface area contributed by atoms with Gasteiger partial charge in [-0.1, -0.05) is 64.6 Å². The molecule has 3 N–H and O–H groups in total. The monoisotopic (exact) mass is 492 g/mol. The zero-order valence-corrected chi connectivity index (χ0v) is 18.1. The molecule has 0 heterocycles. The molecule has 0 aliphatic heterocycles. The summed E-state index contributed by atoms with van der Waals surface area (Å²) in [6.07, 6.45) is 0. The Morgan fingerprint density at radius 1 is 0.759 bits per heavy atom. The molecule has 152 valence electrons. The summed E-state index contributed by atoms with van der Waals surface area (Å²) in [5, 5.41) is 21.0. The van der Waals surface area contributed by atoms with Gasteiger partial charge in [-0.3, -0.25) is 4.55 Å². The zero-order valence-electron chi connectivity index (χ0n) is 14.3. The average molecular weight is 494 g/mol. The molecule has 0 saturated heterocycles. The van der Waals surface area contributed by atoms with Crippen molar-refractivity contribution in [2.75, 3.05) is 0 Å². The maximum Gasteiger partial charge on any atom is 0.283 e. The summed E-state index contributed by atoms with van der Waals surface area (Å²) in [5.41, 5.74) is -0.857. The van der Waals surface area contributed by atoms with Crippen LogP contribution in [0.1, 0.15) is 16.7 Å². The van der Waals surface area contributed by atoms with Crippen molar-refractivity contribution in [3.63, 3.8) is 0 Å². The lowest BCUT2D eigenvalue weighted by molar-refractivity contribution is 0.428. The van der Waals surface area contributed by atoms with Crippen molar-refractivity contribution in [2.24, 2.45) is 0 Å². The normalized spacial score (nSPS) is 13.8. The molecule has 3 aromatic carbocycles. The number of hydrogen-bond donors (Lipinski definition) is 3. The van der Waals surface area contributed by atoms with Gasteiger partial charge in [0.2, 0.25) is 0 Å². The van der Waals surface area contributed by atoms with Crippen molar-refractivity contribution in [2.45, 2.75) is 4.75 Å². The first-order chi connectivity index (χ1) is 13.5. The number of benzene rings is 3. The van der Waals surface area contributed by atoms with Crippen molar-refractivity contribution in [3.8, 4) is 11.5 Å². The highest BCUT2D eigenvalue weighted by Crippen LogP contribution is 2.53. The third-order valence-corrected chi connectivity index (χ3v) is 7.09. The second-order valence-corrected chi connectivity index (χ2v) is 9.30. The molecule has 3 rings (SSSR count). The van der Waals surface area contributed by atoms with E-state index in [0.29, 0.717) is 0 Å². The Kier molecular flexibility index (Phi) is 5.98. The molecule has 0 fully saturated rings. The summed E-state index contributed by atoms with van der Waals surface area (Å²) < 4.78 is 33.9. The van der Waals surface area contributed by atoms with Crippen molar-refractivity contribution >= 4 is 56.5 Å². The number of halogens is 4. The minimum atomic E-state index is -5.16. The van der Waals surface area contributed by atoms with E-state index >= 15 is 0 Å². The van der Waals surface area contributed by atoms with Gasteiger partial charge in [-0.05, 0) is 35.9 Å². The van der Waals surface area contributed by atoms with Crippen molar-refractivity contribution in [3.05, 3.63) is 91.4 Å². The van der Waals surface area contributed by atoms with Crippen LogP contribution >= 0.6 is 46.4 Å². The quantitative estimate of drug-likeness (QED) is 0.311. The number of rotatable bonds is 4. The van der Waals surface area contributed by atoms with E-state index < -0.39 is 26.4 Å². The Hall–Kier alpha value is -1.67. The minimum absolute atomic E-state index is 0.0494. The Balaban J connectivity index is 2.66. The van der Waals surface area contributed by atoms with Gasteiger partial charge in [0.15, 0.2) is 4.75 Å². The Morgan fingerprint density at radius 2 is 1.38 bits per heavy atom. The number of hydrogen-bond acceptors (Lipinski definition) is 4. The molecule has 0 aliphatic carbocycles. The summed E-state index contributed by atoms with van der Waals surface area (Å²) >= 11 is 24.4. The van der Waals surface area contributed by atoms with E-state index in [1.54, 1.807) is 0 Å². The van der Waals surface area contributed by atoms with Gasteiger partial charge in [0.05, 0.1) is 10.0 Å². The van der Waals surface area contributed by atoms with Gasteiger partial charge in [0.25, 0.3) is 10.1 Å². The second kappa shape index (κ2) is 7.87. The van der Waals surface area contributed by atoms with Crippen LogP contribution in [0.15, 0.2) is 54.6 Å². The van der Waals surface area contributed by atoms with Crippen LogP contribution in [-0.4, -0.2) is 23.2 Å². The highest BCUT2D eigenvalue weighted by atomic mass is 35.5. The fraction of sp³-hybridized carbons (Fsp3) is 0.0526. The zero-order chi connectivity index (χ0) is 21.6. The highest BCUT2D eigenvalue weighted by molar-refractivity contribution is 7.87. The van der Waals surface area contributed by atoms with E-state index in [1.807, 2.05) is 0 Å². The van der Waals surface area contributed by atoms with Gasteiger partial charge < -0.3 is 10.2 Å². The van der Waals surface area contributed by atoms with Crippen LogP contribution in [0.3, 0.4) is 0 Å².